The summed E-state index contributed by atoms with van der Waals surface area (Å²) in [6.45, 7) is 5.06. The van der Waals surface area contributed by atoms with Gasteiger partial charge in [-0.1, -0.05) is 0 Å². The Kier molecular flexibility index (Phi) is 4.19. The highest BCUT2D eigenvalue weighted by molar-refractivity contribution is 5.80. The Hall–Kier alpha value is -2.18. The molecule has 0 saturated heterocycles. The second-order valence-electron chi connectivity index (χ2n) is 4.55. The van der Waals surface area contributed by atoms with Gasteiger partial charge >= 0.3 is 12.1 Å². The van der Waals surface area contributed by atoms with Gasteiger partial charge < -0.3 is 15.2 Å². The van der Waals surface area contributed by atoms with Crippen molar-refractivity contribution in [2.24, 2.45) is 0 Å². The molecule has 0 unspecified atom stereocenters. The summed E-state index contributed by atoms with van der Waals surface area (Å²) < 4.78 is 4.98. The Morgan fingerprint density at radius 3 is 2.50 bits per heavy atom. The fourth-order valence-electron chi connectivity index (χ4n) is 1.15. The molecule has 0 aliphatic carbocycles. The Morgan fingerprint density at radius 1 is 1.39 bits per heavy atom. The predicted molar refractivity (Wildman–Crippen MR) is 61.8 cm³/mol. The van der Waals surface area contributed by atoms with Crippen LogP contribution in [-0.2, 0) is 9.53 Å². The second-order valence-corrected chi connectivity index (χ2v) is 4.55. The maximum Gasteiger partial charge on any atom is 0.408 e. The van der Waals surface area contributed by atoms with Gasteiger partial charge in [0.25, 0.3) is 0 Å². The van der Waals surface area contributed by atoms with Crippen molar-refractivity contribution in [3.63, 3.8) is 0 Å². The van der Waals surface area contributed by atoms with Gasteiger partial charge in [-0.2, -0.15) is 0 Å². The molecule has 1 heterocycles. The van der Waals surface area contributed by atoms with Gasteiger partial charge in [0.05, 0.1) is 11.9 Å². The number of nitrogens with zero attached hydrogens (tertiary/aromatic N) is 2. The van der Waals surface area contributed by atoms with Crippen LogP contribution >= 0.6 is 0 Å². The van der Waals surface area contributed by atoms with Crippen LogP contribution < -0.4 is 5.32 Å². The summed E-state index contributed by atoms with van der Waals surface area (Å²) in [6.07, 6.45) is 3.22. The molecule has 0 saturated carbocycles. The van der Waals surface area contributed by atoms with E-state index in [-0.39, 0.29) is 5.69 Å². The van der Waals surface area contributed by atoms with Crippen molar-refractivity contribution >= 4 is 12.1 Å². The third-order valence-corrected chi connectivity index (χ3v) is 1.79. The number of rotatable bonds is 3. The lowest BCUT2D eigenvalue weighted by Gasteiger charge is -2.21. The van der Waals surface area contributed by atoms with Crippen LogP contribution in [-0.4, -0.2) is 32.7 Å². The minimum Gasteiger partial charge on any atom is -0.479 e. The van der Waals surface area contributed by atoms with Gasteiger partial charge in [-0.3, -0.25) is 9.97 Å². The van der Waals surface area contributed by atoms with Crippen LogP contribution in [0.3, 0.4) is 0 Å². The van der Waals surface area contributed by atoms with Crippen molar-refractivity contribution in [1.82, 2.24) is 15.3 Å². The first-order valence-corrected chi connectivity index (χ1v) is 5.28. The lowest BCUT2D eigenvalue weighted by Crippen LogP contribution is -2.38. The van der Waals surface area contributed by atoms with E-state index in [2.05, 4.69) is 15.3 Å². The van der Waals surface area contributed by atoms with Crippen molar-refractivity contribution in [3.8, 4) is 0 Å². The molecular formula is C11H15N3O4. The van der Waals surface area contributed by atoms with E-state index in [1.165, 1.54) is 18.6 Å². The van der Waals surface area contributed by atoms with E-state index in [1.54, 1.807) is 20.8 Å². The molecule has 1 amide bonds. The predicted octanol–water partition coefficient (Wildman–Crippen LogP) is 1.13. The number of carbonyl (C=O) groups excluding carboxylic acids is 1. The van der Waals surface area contributed by atoms with E-state index in [9.17, 15) is 9.59 Å². The Labute approximate surface area is 104 Å². The van der Waals surface area contributed by atoms with Crippen molar-refractivity contribution < 1.29 is 19.4 Å². The molecule has 0 spiro atoms. The molecule has 7 nitrogen and oxygen atoms in total. The second kappa shape index (κ2) is 5.44. The van der Waals surface area contributed by atoms with Crippen LogP contribution in [0.1, 0.15) is 32.5 Å². The van der Waals surface area contributed by atoms with Gasteiger partial charge in [-0.25, -0.2) is 9.59 Å². The van der Waals surface area contributed by atoms with Crippen molar-refractivity contribution in [1.29, 1.82) is 0 Å². The summed E-state index contributed by atoms with van der Waals surface area (Å²) in [5, 5.41) is 11.3. The highest BCUT2D eigenvalue weighted by atomic mass is 16.6. The van der Waals surface area contributed by atoms with E-state index in [1.807, 2.05) is 0 Å². The van der Waals surface area contributed by atoms with Crippen LogP contribution in [0.15, 0.2) is 18.6 Å². The standard InChI is InChI=1S/C11H15N3O4/c1-11(2,3)18-10(17)14-8(9(15)16)7-6-12-4-5-13-7/h4-6,8H,1-3H3,(H,14,17)(H,15,16)/t8-/m1/s1. The third-order valence-electron chi connectivity index (χ3n) is 1.79. The fraction of sp³-hybridized carbons (Fsp3) is 0.455. The first kappa shape index (κ1) is 13.9. The van der Waals surface area contributed by atoms with Crippen LogP contribution in [0.2, 0.25) is 0 Å². The normalized spacial score (nSPS) is 12.6. The molecule has 0 bridgehead atoms. The number of hydrogen-bond acceptors (Lipinski definition) is 5. The summed E-state index contributed by atoms with van der Waals surface area (Å²) in [5.41, 5.74) is -0.564. The summed E-state index contributed by atoms with van der Waals surface area (Å²) in [4.78, 5) is 30.2. The largest absolute Gasteiger partial charge is 0.479 e. The van der Waals surface area contributed by atoms with Gasteiger partial charge in [0.1, 0.15) is 5.60 Å². The van der Waals surface area contributed by atoms with Gasteiger partial charge in [0, 0.05) is 12.4 Å². The molecule has 7 heteroatoms. The van der Waals surface area contributed by atoms with Crippen molar-refractivity contribution in [3.05, 3.63) is 24.3 Å². The van der Waals surface area contributed by atoms with Crippen LogP contribution in [0.25, 0.3) is 0 Å². The Morgan fingerprint density at radius 2 is 2.06 bits per heavy atom. The summed E-state index contributed by atoms with van der Waals surface area (Å²) in [7, 11) is 0. The molecule has 1 aromatic rings. The SMILES string of the molecule is CC(C)(C)OC(=O)N[C@@H](C(=O)O)c1cnccn1. The summed E-state index contributed by atoms with van der Waals surface area (Å²) >= 11 is 0. The van der Waals surface area contributed by atoms with Gasteiger partial charge in [-0.05, 0) is 20.8 Å². The monoisotopic (exact) mass is 253 g/mol. The first-order valence-electron chi connectivity index (χ1n) is 5.28. The van der Waals surface area contributed by atoms with Crippen LogP contribution in [0.5, 0.6) is 0 Å². The number of amides is 1. The average molecular weight is 253 g/mol. The molecule has 0 radical (unpaired) electrons. The van der Waals surface area contributed by atoms with E-state index in [0.717, 1.165) is 0 Å². The van der Waals surface area contributed by atoms with E-state index < -0.39 is 23.7 Å². The van der Waals surface area contributed by atoms with Crippen molar-refractivity contribution in [2.45, 2.75) is 32.4 Å². The zero-order valence-electron chi connectivity index (χ0n) is 10.4. The molecule has 18 heavy (non-hydrogen) atoms. The molecule has 0 aromatic carbocycles. The Balaban J connectivity index is 2.77. The number of carboxylic acids is 1. The van der Waals surface area contributed by atoms with E-state index in [0.29, 0.717) is 0 Å². The zero-order valence-corrected chi connectivity index (χ0v) is 10.4. The Bertz CT molecular complexity index is 428. The maximum absolute atomic E-state index is 11.5. The van der Waals surface area contributed by atoms with Crippen molar-refractivity contribution in [2.75, 3.05) is 0 Å². The lowest BCUT2D eigenvalue weighted by atomic mass is 10.2. The molecule has 98 valence electrons. The lowest BCUT2D eigenvalue weighted by molar-refractivity contribution is -0.139. The number of carboxylic acid groups (broad SMARTS) is 1. The maximum atomic E-state index is 11.5. The average Bonchev–Trinajstić information content (AvgIpc) is 2.24. The minimum absolute atomic E-state index is 0.135. The number of ether oxygens (including phenoxy) is 1. The number of hydrogen-bond donors (Lipinski definition) is 2. The number of nitrogens with one attached hydrogen (secondary N) is 1. The van der Waals surface area contributed by atoms with Gasteiger partial charge in [0.2, 0.25) is 0 Å². The number of alkyl carbamates (subject to hydrolysis) is 1. The molecule has 0 aliphatic rings. The van der Waals surface area contributed by atoms with Crippen LogP contribution in [0.4, 0.5) is 4.79 Å². The molecule has 0 aliphatic heterocycles. The zero-order chi connectivity index (χ0) is 13.8. The molecule has 2 N–H and O–H groups in total. The molecular weight excluding hydrogens is 238 g/mol. The number of aromatic nitrogens is 2. The summed E-state index contributed by atoms with van der Waals surface area (Å²) in [6, 6.07) is -1.28. The topological polar surface area (TPSA) is 101 Å². The van der Waals surface area contributed by atoms with Gasteiger partial charge in [-0.15, -0.1) is 0 Å². The van der Waals surface area contributed by atoms with Gasteiger partial charge in [0.15, 0.2) is 6.04 Å². The van der Waals surface area contributed by atoms with Crippen LogP contribution in [0, 0.1) is 0 Å². The first-order chi connectivity index (χ1) is 8.29. The number of aliphatic carboxylic acids is 1. The minimum atomic E-state index is -1.28. The smallest absolute Gasteiger partial charge is 0.408 e. The fourth-order valence-corrected chi connectivity index (χ4v) is 1.15. The van der Waals surface area contributed by atoms with E-state index in [4.69, 9.17) is 9.84 Å². The molecule has 1 rings (SSSR count). The quantitative estimate of drug-likeness (QED) is 0.837. The summed E-state index contributed by atoms with van der Waals surface area (Å²) in [5.74, 6) is -1.23. The molecule has 1 aromatic heterocycles. The molecule has 1 atom stereocenters. The molecule has 0 fully saturated rings. The van der Waals surface area contributed by atoms with E-state index >= 15 is 0 Å². The highest BCUT2D eigenvalue weighted by Crippen LogP contribution is 2.11. The third kappa shape index (κ3) is 4.36. The highest BCUT2D eigenvalue weighted by Gasteiger charge is 2.26. The number of carbonyl (C=O) groups is 2.